The van der Waals surface area contributed by atoms with Crippen molar-refractivity contribution in [3.8, 4) is 23.0 Å². The van der Waals surface area contributed by atoms with E-state index in [9.17, 15) is 34.8 Å². The summed E-state index contributed by atoms with van der Waals surface area (Å²) >= 11 is 1.57. The second kappa shape index (κ2) is 36.7. The molecule has 0 bridgehead atoms. The van der Waals surface area contributed by atoms with Crippen LogP contribution < -0.4 is 170 Å². The first-order valence-corrected chi connectivity index (χ1v) is 31.4. The van der Waals surface area contributed by atoms with E-state index in [4.69, 9.17) is 13.6 Å². The van der Waals surface area contributed by atoms with Crippen molar-refractivity contribution in [1.29, 1.82) is 0 Å². The molecule has 3 amide bonds. The van der Waals surface area contributed by atoms with Gasteiger partial charge in [-0.3, -0.25) is 18.8 Å². The maximum absolute atomic E-state index is 12.7. The Bertz CT molecular complexity index is 4910. The van der Waals surface area contributed by atoms with E-state index in [0.29, 0.717) is 71.8 Å². The van der Waals surface area contributed by atoms with Crippen molar-refractivity contribution in [3.05, 3.63) is 265 Å². The number of aromatic hydroxyl groups is 4. The number of nitrogens with zero attached hydrogens (tertiary/aromatic N) is 7. The number of thiazole rings is 1. The standard InChI is InChI=1S/2C20H13N2O3.C16H10N3OS.3C7H10NO.3K/c2*23-13-9-18-16(19(24)10-13)11-15-14(7-4-8-17(15)22-18)20(25)21-12-5-2-1-3-6-12;20-15(17-11-6-2-1-3-7-11)12-10-19-13-8-4-5-9-14(13)21-16(19)18-12;3*1-7(2,3)6-4-5-8-9-6;;;/h2*2-11,23-24H,(H,21,25);2-10H,(H,17,20);3*4H,1-3H3;;;/q6*-1;3*+1. The van der Waals surface area contributed by atoms with Crippen molar-refractivity contribution in [3.63, 3.8) is 0 Å². The smallest absolute Gasteiger partial charge is 0.508 e. The molecule has 7 N–H and O–H groups in total. The fourth-order valence-corrected chi connectivity index (χ4v) is 10.4. The van der Waals surface area contributed by atoms with Crippen LogP contribution in [0.3, 0.4) is 0 Å². The van der Waals surface area contributed by atoms with Crippen LogP contribution in [-0.2, 0) is 16.2 Å². The van der Waals surface area contributed by atoms with Gasteiger partial charge >= 0.3 is 154 Å². The topological polar surface area (TPSA) is 289 Å². The SMILES string of the molecule is CC(C)(C)c1c[c-]no1.CC(C)(C)c1c[c-]no1.CC(C)(C)c1c[c-]no1.O=C(Nc1cc[c-]cc1)c1cccc2nc3cc(O)cc(O)c3cc12.O=C(Nc1cc[c-]cc1)c1cccc2nc3cc(O)cc(O)c3cc12.O=C(Nc1cc[c-]cc1)c1cn2c(n1)sc1ccccc12.[K+].[K+].[K+]. The van der Waals surface area contributed by atoms with Crippen LogP contribution in [-0.4, -0.2) is 73.0 Å². The average Bonchev–Trinajstić information content (AvgIpc) is 1.75. The van der Waals surface area contributed by atoms with Gasteiger partial charge in [0.2, 0.25) is 0 Å². The maximum atomic E-state index is 12.7. The molecule has 0 radical (unpaired) electrons. The summed E-state index contributed by atoms with van der Waals surface area (Å²) < 4.78 is 17.8. The van der Waals surface area contributed by atoms with Crippen LogP contribution in [0.4, 0.5) is 17.1 Å². The number of amides is 3. The molecule has 0 aliphatic carbocycles. The normalized spacial score (nSPS) is 10.9. The Labute approximate surface area is 714 Å². The van der Waals surface area contributed by atoms with Gasteiger partial charge < -0.3 is 49.9 Å². The minimum atomic E-state index is -0.267. The molecule has 24 heteroatoms. The predicted molar refractivity (Wildman–Crippen MR) is 378 cm³/mol. The van der Waals surface area contributed by atoms with Crippen LogP contribution >= 0.6 is 11.3 Å². The first-order chi connectivity index (χ1) is 46.9. The average molecular weight is 1440 g/mol. The monoisotopic (exact) mass is 1440 g/mol. The van der Waals surface area contributed by atoms with E-state index in [1.54, 1.807) is 157 Å². The van der Waals surface area contributed by atoms with Gasteiger partial charge in [-0.05, 0) is 82.1 Å². The van der Waals surface area contributed by atoms with Gasteiger partial charge in [0.1, 0.15) is 28.7 Å². The van der Waals surface area contributed by atoms with Crippen LogP contribution in [0.25, 0.3) is 58.8 Å². The third-order valence-corrected chi connectivity index (χ3v) is 15.5. The van der Waals surface area contributed by atoms with E-state index in [1.165, 1.54) is 24.3 Å². The molecule has 0 saturated carbocycles. The van der Waals surface area contributed by atoms with E-state index in [1.807, 2.05) is 22.6 Å². The number of phenols is 4. The second-order valence-corrected chi connectivity index (χ2v) is 26.1. The summed E-state index contributed by atoms with van der Waals surface area (Å²) in [4.78, 5) is 51.6. The number of benzene rings is 8. The molecule has 0 aliphatic heterocycles. The van der Waals surface area contributed by atoms with Gasteiger partial charge in [0.25, 0.3) is 17.7 Å². The maximum Gasteiger partial charge on any atom is 1.00 e. The zero-order chi connectivity index (χ0) is 69.7. The zero-order valence-electron chi connectivity index (χ0n) is 57.8. The summed E-state index contributed by atoms with van der Waals surface area (Å²) in [7, 11) is 0. The van der Waals surface area contributed by atoms with Gasteiger partial charge in [0.05, 0.1) is 32.3 Å². The minimum absolute atomic E-state index is 0. The molecular formula is C77H66K3N10O10S-3. The first kappa shape index (κ1) is 81.0. The Morgan fingerprint density at radius 1 is 0.436 bits per heavy atom. The largest absolute Gasteiger partial charge is 1.00 e. The van der Waals surface area contributed by atoms with E-state index in [2.05, 4.69) is 152 Å². The molecule has 0 aliphatic rings. The van der Waals surface area contributed by atoms with Crippen molar-refractivity contribution >= 4 is 105 Å². The van der Waals surface area contributed by atoms with Crippen LogP contribution in [0, 0.1) is 36.8 Å². The molecule has 8 aromatic carbocycles. The minimum Gasteiger partial charge on any atom is -0.508 e. The van der Waals surface area contributed by atoms with Crippen molar-refractivity contribution in [2.75, 3.05) is 16.0 Å². The molecule has 496 valence electrons. The Morgan fingerprint density at radius 2 is 0.812 bits per heavy atom. The summed E-state index contributed by atoms with van der Waals surface area (Å²) in [6.45, 7) is 18.6. The van der Waals surface area contributed by atoms with Crippen LogP contribution in [0.2, 0.25) is 0 Å². The number of hydrogen-bond acceptors (Lipinski definition) is 17. The summed E-state index contributed by atoms with van der Waals surface area (Å²) in [6.07, 6.45) is 9.64. The Hall–Kier alpha value is -7.32. The van der Waals surface area contributed by atoms with Gasteiger partial charge in [0.15, 0.2) is 4.96 Å². The number of phenolic OH excluding ortho intramolecular Hbond substituents is 4. The van der Waals surface area contributed by atoms with E-state index in [0.717, 1.165) is 38.1 Å². The molecule has 0 spiro atoms. The number of anilines is 3. The molecular weight excluding hydrogens is 1370 g/mol. The number of para-hydroxylation sites is 1. The molecule has 0 unspecified atom stereocenters. The van der Waals surface area contributed by atoms with Crippen LogP contribution in [0.15, 0.2) is 208 Å². The molecule has 7 aromatic heterocycles. The van der Waals surface area contributed by atoms with Gasteiger partial charge in [-0.25, -0.2) is 30.4 Å². The van der Waals surface area contributed by atoms with Crippen molar-refractivity contribution in [1.82, 2.24) is 34.8 Å². The number of hydrogen-bond donors (Lipinski definition) is 7. The fraction of sp³-hybridized carbons (Fsp3) is 0.156. The molecule has 15 aromatic rings. The predicted octanol–water partition coefficient (Wildman–Crippen LogP) is 7.63. The summed E-state index contributed by atoms with van der Waals surface area (Å²) in [6, 6.07) is 62.4. The van der Waals surface area contributed by atoms with Gasteiger partial charge in [-0.15, -0.1) is 55.0 Å². The molecule has 0 saturated heterocycles. The fourth-order valence-electron chi connectivity index (χ4n) is 9.43. The van der Waals surface area contributed by atoms with E-state index >= 15 is 0 Å². The molecule has 15 rings (SSSR count). The molecule has 7 heterocycles. The third-order valence-electron chi connectivity index (χ3n) is 14.5. The Balaban J connectivity index is 0.000000178. The van der Waals surface area contributed by atoms with Crippen LogP contribution in [0.1, 0.15) is 111 Å². The quantitative estimate of drug-likeness (QED) is 0.0478. The number of imidazole rings is 1. The van der Waals surface area contributed by atoms with Crippen molar-refractivity contribution in [2.45, 2.75) is 78.6 Å². The van der Waals surface area contributed by atoms with Crippen molar-refractivity contribution < 1.29 is 203 Å². The number of nitrogens with one attached hydrogen (secondary N) is 3. The van der Waals surface area contributed by atoms with Crippen molar-refractivity contribution in [2.24, 2.45) is 0 Å². The van der Waals surface area contributed by atoms with Gasteiger partial charge in [-0.1, -0.05) is 115 Å². The number of aromatic nitrogens is 7. The Kier molecular flexibility index (Phi) is 29.4. The summed E-state index contributed by atoms with van der Waals surface area (Å²) in [5, 5.41) is 60.5. The number of pyridine rings is 2. The van der Waals surface area contributed by atoms with Gasteiger partial charge in [-0.2, -0.15) is 72.8 Å². The molecule has 101 heavy (non-hydrogen) atoms. The van der Waals surface area contributed by atoms with Crippen LogP contribution in [0.5, 0.6) is 23.0 Å². The summed E-state index contributed by atoms with van der Waals surface area (Å²) in [5.74, 6) is 1.59. The number of carbonyl (C=O) groups excluding carboxylic acids is 3. The molecule has 0 fully saturated rings. The Morgan fingerprint density at radius 3 is 1.17 bits per heavy atom. The second-order valence-electron chi connectivity index (χ2n) is 25.1. The zero-order valence-corrected chi connectivity index (χ0v) is 67.9. The number of carbonyl (C=O) groups is 3. The third kappa shape index (κ3) is 21.9. The number of rotatable bonds is 6. The number of fused-ring (bicyclic) bond motifs is 7. The first-order valence-electron chi connectivity index (χ1n) is 30.6. The molecule has 0 atom stereocenters. The van der Waals surface area contributed by atoms with E-state index in [-0.39, 0.29) is 211 Å². The van der Waals surface area contributed by atoms with E-state index < -0.39 is 0 Å². The van der Waals surface area contributed by atoms with Gasteiger partial charge in [0, 0.05) is 63.1 Å². The summed E-state index contributed by atoms with van der Waals surface area (Å²) in [5.41, 5.74) is 6.77. The molecule has 20 nitrogen and oxygen atoms in total.